The van der Waals surface area contributed by atoms with E-state index in [4.69, 9.17) is 0 Å². The summed E-state index contributed by atoms with van der Waals surface area (Å²) in [6.07, 6.45) is 6.30. The first kappa shape index (κ1) is 26.5. The fraction of sp³-hybridized carbons (Fsp3) is 0.577. The Kier molecular flexibility index (Phi) is 6.65. The van der Waals surface area contributed by atoms with Gasteiger partial charge in [-0.05, 0) is 50.5 Å². The molecule has 0 aromatic carbocycles. The summed E-state index contributed by atoms with van der Waals surface area (Å²) in [4.78, 5) is 31.6. The molecule has 3 aromatic rings. The third-order valence-electron chi connectivity index (χ3n) is 8.51. The molecular formula is C26H30F4N8O2. The second-order valence-corrected chi connectivity index (χ2v) is 10.9. The van der Waals surface area contributed by atoms with Crippen LogP contribution in [0.25, 0.3) is 5.65 Å². The van der Waals surface area contributed by atoms with E-state index in [1.807, 2.05) is 0 Å². The fourth-order valence-electron chi connectivity index (χ4n) is 6.27. The standard InChI is InChI=1S/C26H30F4N8O2/c1-2-14-5-7-15(8-6-14)37-13-17(20(35-37)22(27)28)32-24(39)16-12-31-36-11-9-19(33-23(16)36)38-18-4-3-10-26(29,30)21(18)34-25(38)40/h9,11-15,18,21-22H,2-8,10H2,1H3,(H,32,39)(H,34,40)/t14-,15-,18-,21-/m1/s1. The summed E-state index contributed by atoms with van der Waals surface area (Å²) in [7, 11) is 0. The molecule has 40 heavy (non-hydrogen) atoms. The summed E-state index contributed by atoms with van der Waals surface area (Å²) in [6.45, 7) is 2.14. The van der Waals surface area contributed by atoms with E-state index in [0.717, 1.165) is 32.1 Å². The number of aromatic nitrogens is 5. The lowest BCUT2D eigenvalue weighted by atomic mass is 9.85. The summed E-state index contributed by atoms with van der Waals surface area (Å²) in [6, 6.07) is -1.38. The number of fused-ring (bicyclic) bond motifs is 2. The Morgan fingerprint density at radius 2 is 2.00 bits per heavy atom. The summed E-state index contributed by atoms with van der Waals surface area (Å²) < 4.78 is 59.5. The van der Waals surface area contributed by atoms with Crippen LogP contribution in [0.15, 0.2) is 24.7 Å². The van der Waals surface area contributed by atoms with Crippen molar-refractivity contribution in [2.24, 2.45) is 5.92 Å². The number of hydrogen-bond acceptors (Lipinski definition) is 5. The topological polar surface area (TPSA) is 109 Å². The average Bonchev–Trinajstić information content (AvgIpc) is 3.63. The number of nitrogens with one attached hydrogen (secondary N) is 2. The van der Waals surface area contributed by atoms with E-state index >= 15 is 0 Å². The first-order valence-electron chi connectivity index (χ1n) is 13.7. The van der Waals surface area contributed by atoms with Crippen LogP contribution in [-0.4, -0.2) is 54.3 Å². The molecule has 2 atom stereocenters. The number of anilines is 2. The Labute approximate surface area is 227 Å². The molecule has 4 heterocycles. The van der Waals surface area contributed by atoms with Crippen molar-refractivity contribution in [1.82, 2.24) is 29.7 Å². The first-order chi connectivity index (χ1) is 19.2. The predicted molar refractivity (Wildman–Crippen MR) is 137 cm³/mol. The maximum atomic E-state index is 14.5. The fourth-order valence-corrected chi connectivity index (χ4v) is 6.27. The Morgan fingerprint density at radius 1 is 1.23 bits per heavy atom. The molecule has 1 aliphatic heterocycles. The summed E-state index contributed by atoms with van der Waals surface area (Å²) in [5.41, 5.74) is -0.588. The molecule has 0 radical (unpaired) electrons. The Morgan fingerprint density at radius 3 is 2.73 bits per heavy atom. The lowest BCUT2D eigenvalue weighted by Gasteiger charge is -2.34. The van der Waals surface area contributed by atoms with Crippen molar-refractivity contribution in [1.29, 1.82) is 0 Å². The van der Waals surface area contributed by atoms with Gasteiger partial charge in [-0.3, -0.25) is 14.4 Å². The minimum atomic E-state index is -3.04. The van der Waals surface area contributed by atoms with Crippen molar-refractivity contribution in [2.45, 2.75) is 88.8 Å². The number of rotatable bonds is 6. The van der Waals surface area contributed by atoms with Gasteiger partial charge < -0.3 is 10.6 Å². The molecule has 2 N–H and O–H groups in total. The van der Waals surface area contributed by atoms with E-state index in [2.05, 4.69) is 32.7 Å². The van der Waals surface area contributed by atoms with Crippen molar-refractivity contribution in [3.05, 3.63) is 35.9 Å². The van der Waals surface area contributed by atoms with Gasteiger partial charge in [0.25, 0.3) is 18.3 Å². The smallest absolute Gasteiger partial charge is 0.323 e. The highest BCUT2D eigenvalue weighted by molar-refractivity contribution is 6.08. The van der Waals surface area contributed by atoms with E-state index in [-0.39, 0.29) is 41.6 Å². The van der Waals surface area contributed by atoms with Crippen molar-refractivity contribution in [2.75, 3.05) is 10.2 Å². The summed E-state index contributed by atoms with van der Waals surface area (Å²) >= 11 is 0. The zero-order valence-electron chi connectivity index (χ0n) is 21.9. The van der Waals surface area contributed by atoms with E-state index in [9.17, 15) is 27.2 Å². The number of nitrogens with zero attached hydrogens (tertiary/aromatic N) is 6. The minimum absolute atomic E-state index is 0.0187. The van der Waals surface area contributed by atoms with Crippen LogP contribution in [0.2, 0.25) is 0 Å². The molecular weight excluding hydrogens is 532 g/mol. The number of carbonyl (C=O) groups is 2. The normalized spacial score (nSPS) is 26.2. The van der Waals surface area contributed by atoms with Gasteiger partial charge >= 0.3 is 6.03 Å². The highest BCUT2D eigenvalue weighted by Crippen LogP contribution is 2.40. The molecule has 0 spiro atoms. The average molecular weight is 563 g/mol. The third-order valence-corrected chi connectivity index (χ3v) is 8.51. The number of halogens is 4. The maximum Gasteiger partial charge on any atom is 0.323 e. The van der Waals surface area contributed by atoms with Gasteiger partial charge in [0, 0.05) is 18.8 Å². The molecule has 214 valence electrons. The molecule has 1 saturated heterocycles. The van der Waals surface area contributed by atoms with Crippen LogP contribution in [0.3, 0.4) is 0 Å². The summed E-state index contributed by atoms with van der Waals surface area (Å²) in [5.74, 6) is -3.06. The quantitative estimate of drug-likeness (QED) is 0.394. The van der Waals surface area contributed by atoms with Crippen LogP contribution in [0.4, 0.5) is 33.9 Å². The number of amides is 3. The van der Waals surface area contributed by atoms with E-state index in [1.165, 1.54) is 38.8 Å². The van der Waals surface area contributed by atoms with Gasteiger partial charge in [0.15, 0.2) is 11.3 Å². The first-order valence-corrected chi connectivity index (χ1v) is 13.7. The molecule has 0 bridgehead atoms. The molecule has 2 saturated carbocycles. The number of alkyl halides is 4. The SMILES string of the molecule is CC[C@H]1CC[C@H](n2cc(NC(=O)c3cnn4ccc(N5C(=O)N[C@@H]6[C@H]5CCCC6(F)F)nc34)c(C(F)F)n2)CC1. The second kappa shape index (κ2) is 10.0. The molecule has 3 fully saturated rings. The molecule has 3 aromatic heterocycles. The van der Waals surface area contributed by atoms with Crippen molar-refractivity contribution >= 4 is 29.1 Å². The predicted octanol–water partition coefficient (Wildman–Crippen LogP) is 5.34. The maximum absolute atomic E-state index is 14.5. The van der Waals surface area contributed by atoms with Gasteiger partial charge in [-0.25, -0.2) is 31.9 Å². The minimum Gasteiger partial charge on any atom is -0.327 e. The van der Waals surface area contributed by atoms with Crippen LogP contribution in [-0.2, 0) is 0 Å². The number of urea groups is 1. The molecule has 6 rings (SSSR count). The van der Waals surface area contributed by atoms with E-state index in [1.54, 1.807) is 0 Å². The highest BCUT2D eigenvalue weighted by atomic mass is 19.3. The molecule has 3 amide bonds. The third kappa shape index (κ3) is 4.56. The molecule has 10 nitrogen and oxygen atoms in total. The van der Waals surface area contributed by atoms with Gasteiger partial charge in [-0.15, -0.1) is 0 Å². The monoisotopic (exact) mass is 562 g/mol. The molecule has 0 unspecified atom stereocenters. The van der Waals surface area contributed by atoms with Crippen LogP contribution >= 0.6 is 0 Å². The number of carbonyl (C=O) groups excluding carboxylic acids is 2. The zero-order chi connectivity index (χ0) is 28.2. The van der Waals surface area contributed by atoms with Crippen LogP contribution in [0.1, 0.15) is 86.8 Å². The molecule has 3 aliphatic rings. The zero-order valence-corrected chi connectivity index (χ0v) is 21.9. The Bertz CT molecular complexity index is 1430. The second-order valence-electron chi connectivity index (χ2n) is 10.9. The Balaban J connectivity index is 1.26. The van der Waals surface area contributed by atoms with Crippen LogP contribution in [0.5, 0.6) is 0 Å². The Hall–Kier alpha value is -3.71. The van der Waals surface area contributed by atoms with Crippen LogP contribution < -0.4 is 15.5 Å². The van der Waals surface area contributed by atoms with Gasteiger partial charge in [0.05, 0.1) is 24.0 Å². The van der Waals surface area contributed by atoms with Crippen LogP contribution in [0, 0.1) is 5.92 Å². The van der Waals surface area contributed by atoms with Gasteiger partial charge in [0.1, 0.15) is 17.4 Å². The largest absolute Gasteiger partial charge is 0.327 e. The number of hydrogen-bond donors (Lipinski definition) is 2. The lowest BCUT2D eigenvalue weighted by Crippen LogP contribution is -2.51. The van der Waals surface area contributed by atoms with Gasteiger partial charge in [-0.1, -0.05) is 13.3 Å². The van der Waals surface area contributed by atoms with Crippen molar-refractivity contribution in [3.8, 4) is 0 Å². The van der Waals surface area contributed by atoms with Gasteiger partial charge in [0.2, 0.25) is 0 Å². The van der Waals surface area contributed by atoms with Crippen molar-refractivity contribution < 1.29 is 27.2 Å². The van der Waals surface area contributed by atoms with Crippen molar-refractivity contribution in [3.63, 3.8) is 0 Å². The highest BCUT2D eigenvalue weighted by Gasteiger charge is 2.55. The van der Waals surface area contributed by atoms with Gasteiger partial charge in [-0.2, -0.15) is 10.2 Å². The molecule has 2 aliphatic carbocycles. The summed E-state index contributed by atoms with van der Waals surface area (Å²) in [5, 5.41) is 13.1. The lowest BCUT2D eigenvalue weighted by molar-refractivity contribution is -0.0595. The molecule has 14 heteroatoms. The van der Waals surface area contributed by atoms with E-state index in [0.29, 0.717) is 12.3 Å². The van der Waals surface area contributed by atoms with E-state index < -0.39 is 42.1 Å².